The van der Waals surface area contributed by atoms with Gasteiger partial charge in [0.25, 0.3) is 0 Å². The van der Waals surface area contributed by atoms with Crippen molar-refractivity contribution in [2.75, 3.05) is 6.54 Å². The van der Waals surface area contributed by atoms with Gasteiger partial charge in [-0.05, 0) is 37.1 Å². The van der Waals surface area contributed by atoms with Crippen molar-refractivity contribution in [2.45, 2.75) is 19.4 Å². The van der Waals surface area contributed by atoms with Crippen molar-refractivity contribution in [3.63, 3.8) is 0 Å². The predicted octanol–water partition coefficient (Wildman–Crippen LogP) is 2.00. The summed E-state index contributed by atoms with van der Waals surface area (Å²) in [5, 5.41) is 0.737. The molecule has 1 rings (SSSR count). The summed E-state index contributed by atoms with van der Waals surface area (Å²) in [5.74, 6) is 0. The van der Waals surface area contributed by atoms with Gasteiger partial charge in [-0.25, -0.2) is 0 Å². The second-order valence-electron chi connectivity index (χ2n) is 3.15. The number of hydrogen-bond acceptors (Lipinski definition) is 2. The van der Waals surface area contributed by atoms with Gasteiger partial charge in [-0.15, -0.1) is 0 Å². The fourth-order valence-electron chi connectivity index (χ4n) is 1.44. The molecule has 0 aromatic heterocycles. The van der Waals surface area contributed by atoms with Crippen LogP contribution in [0.15, 0.2) is 18.2 Å². The summed E-state index contributed by atoms with van der Waals surface area (Å²) in [6, 6.07) is 5.76. The first-order chi connectivity index (χ1) is 6.16. The molecule has 72 valence electrons. The van der Waals surface area contributed by atoms with Gasteiger partial charge in [0.1, 0.15) is 0 Å². The van der Waals surface area contributed by atoms with Crippen molar-refractivity contribution in [3.05, 3.63) is 34.3 Å². The molecule has 0 spiro atoms. The fourth-order valence-corrected chi connectivity index (χ4v) is 1.80. The molecular formula is C10H15ClN2. The lowest BCUT2D eigenvalue weighted by Crippen LogP contribution is -2.16. The summed E-state index contributed by atoms with van der Waals surface area (Å²) >= 11 is 6.04. The predicted molar refractivity (Wildman–Crippen MR) is 56.8 cm³/mol. The van der Waals surface area contributed by atoms with E-state index in [0.717, 1.165) is 22.6 Å². The van der Waals surface area contributed by atoms with E-state index in [1.807, 2.05) is 25.1 Å². The highest BCUT2D eigenvalue weighted by Gasteiger charge is 2.11. The van der Waals surface area contributed by atoms with Crippen molar-refractivity contribution in [3.8, 4) is 0 Å². The molecule has 13 heavy (non-hydrogen) atoms. The third kappa shape index (κ3) is 2.44. The molecule has 1 aromatic carbocycles. The second kappa shape index (κ2) is 4.61. The number of hydrogen-bond donors (Lipinski definition) is 2. The minimum Gasteiger partial charge on any atom is -0.330 e. The molecule has 3 heteroatoms. The smallest absolute Gasteiger partial charge is 0.0456 e. The van der Waals surface area contributed by atoms with Crippen LogP contribution in [0.5, 0.6) is 0 Å². The molecule has 1 unspecified atom stereocenters. The first-order valence-corrected chi connectivity index (χ1v) is 4.75. The minimum atomic E-state index is -0.0429. The van der Waals surface area contributed by atoms with Crippen molar-refractivity contribution < 1.29 is 0 Å². The van der Waals surface area contributed by atoms with Gasteiger partial charge in [0, 0.05) is 11.1 Å². The van der Waals surface area contributed by atoms with Crippen LogP contribution in [0.25, 0.3) is 0 Å². The number of aryl methyl sites for hydroxylation is 1. The van der Waals surface area contributed by atoms with Crippen LogP contribution >= 0.6 is 11.6 Å². The molecule has 0 aliphatic carbocycles. The molecule has 0 saturated heterocycles. The molecule has 0 fully saturated rings. The lowest BCUT2D eigenvalue weighted by Gasteiger charge is -2.15. The SMILES string of the molecule is Cc1cccc(Cl)c1C(N)CCN. The molecule has 0 amide bonds. The van der Waals surface area contributed by atoms with Crippen LogP contribution < -0.4 is 11.5 Å². The summed E-state index contributed by atoms with van der Waals surface area (Å²) in [4.78, 5) is 0. The van der Waals surface area contributed by atoms with Crippen LogP contribution in [0, 0.1) is 6.92 Å². The van der Waals surface area contributed by atoms with Gasteiger partial charge >= 0.3 is 0 Å². The Morgan fingerprint density at radius 1 is 1.46 bits per heavy atom. The van der Waals surface area contributed by atoms with Crippen LogP contribution in [-0.2, 0) is 0 Å². The average Bonchev–Trinajstić information content (AvgIpc) is 2.04. The van der Waals surface area contributed by atoms with Crippen molar-refractivity contribution in [1.82, 2.24) is 0 Å². The average molecular weight is 199 g/mol. The molecule has 0 saturated carbocycles. The van der Waals surface area contributed by atoms with Crippen molar-refractivity contribution >= 4 is 11.6 Å². The van der Waals surface area contributed by atoms with Crippen LogP contribution in [0.1, 0.15) is 23.6 Å². The quantitative estimate of drug-likeness (QED) is 0.781. The lowest BCUT2D eigenvalue weighted by atomic mass is 9.99. The Hall–Kier alpha value is -0.570. The zero-order valence-corrected chi connectivity index (χ0v) is 8.51. The summed E-state index contributed by atoms with van der Waals surface area (Å²) in [5.41, 5.74) is 13.5. The molecule has 2 nitrogen and oxygen atoms in total. The Morgan fingerprint density at radius 2 is 2.15 bits per heavy atom. The Kier molecular flexibility index (Phi) is 3.72. The van der Waals surface area contributed by atoms with Gasteiger partial charge in [0.05, 0.1) is 0 Å². The summed E-state index contributed by atoms with van der Waals surface area (Å²) in [7, 11) is 0. The van der Waals surface area contributed by atoms with Gasteiger partial charge in [-0.1, -0.05) is 23.7 Å². The van der Waals surface area contributed by atoms with Gasteiger partial charge in [0.15, 0.2) is 0 Å². The maximum atomic E-state index is 6.04. The standard InChI is InChI=1S/C10H15ClN2/c1-7-3-2-4-8(11)10(7)9(13)5-6-12/h2-4,9H,5-6,12-13H2,1H3. The maximum absolute atomic E-state index is 6.04. The molecule has 0 aliphatic rings. The third-order valence-electron chi connectivity index (χ3n) is 2.12. The van der Waals surface area contributed by atoms with Crippen LogP contribution in [0.2, 0.25) is 5.02 Å². The van der Waals surface area contributed by atoms with E-state index < -0.39 is 0 Å². The number of halogens is 1. The zero-order valence-electron chi connectivity index (χ0n) is 7.76. The second-order valence-corrected chi connectivity index (χ2v) is 3.56. The summed E-state index contributed by atoms with van der Waals surface area (Å²) in [6.07, 6.45) is 0.768. The van der Waals surface area contributed by atoms with Gasteiger partial charge in [-0.3, -0.25) is 0 Å². The molecule has 4 N–H and O–H groups in total. The topological polar surface area (TPSA) is 52.0 Å². The van der Waals surface area contributed by atoms with E-state index >= 15 is 0 Å². The Balaban J connectivity index is 2.98. The first-order valence-electron chi connectivity index (χ1n) is 4.37. The minimum absolute atomic E-state index is 0.0429. The van der Waals surface area contributed by atoms with Crippen molar-refractivity contribution in [1.29, 1.82) is 0 Å². The van der Waals surface area contributed by atoms with E-state index in [1.165, 1.54) is 0 Å². The highest BCUT2D eigenvalue weighted by Crippen LogP contribution is 2.26. The third-order valence-corrected chi connectivity index (χ3v) is 2.45. The van der Waals surface area contributed by atoms with E-state index in [-0.39, 0.29) is 6.04 Å². The van der Waals surface area contributed by atoms with Crippen LogP contribution in [0.3, 0.4) is 0 Å². The van der Waals surface area contributed by atoms with E-state index in [0.29, 0.717) is 6.54 Å². The van der Waals surface area contributed by atoms with E-state index in [2.05, 4.69) is 0 Å². The summed E-state index contributed by atoms with van der Waals surface area (Å²) in [6.45, 7) is 2.60. The molecule has 0 aliphatic heterocycles. The van der Waals surface area contributed by atoms with Gasteiger partial charge in [-0.2, -0.15) is 0 Å². The Morgan fingerprint density at radius 3 is 2.69 bits per heavy atom. The first kappa shape index (κ1) is 10.5. The number of nitrogens with two attached hydrogens (primary N) is 2. The Bertz CT molecular complexity index is 266. The van der Waals surface area contributed by atoms with Crippen molar-refractivity contribution in [2.24, 2.45) is 11.5 Å². The van der Waals surface area contributed by atoms with Crippen LogP contribution in [-0.4, -0.2) is 6.54 Å². The molecule has 1 aromatic rings. The molecule has 0 bridgehead atoms. The molecule has 1 atom stereocenters. The fraction of sp³-hybridized carbons (Fsp3) is 0.400. The Labute approximate surface area is 83.9 Å². The lowest BCUT2D eigenvalue weighted by molar-refractivity contribution is 0.658. The number of benzene rings is 1. The molecular weight excluding hydrogens is 184 g/mol. The van der Waals surface area contributed by atoms with Crippen LogP contribution in [0.4, 0.5) is 0 Å². The largest absolute Gasteiger partial charge is 0.330 e. The molecule has 0 radical (unpaired) electrons. The van der Waals surface area contributed by atoms with E-state index in [4.69, 9.17) is 23.1 Å². The number of rotatable bonds is 3. The maximum Gasteiger partial charge on any atom is 0.0456 e. The highest BCUT2D eigenvalue weighted by atomic mass is 35.5. The summed E-state index contributed by atoms with van der Waals surface area (Å²) < 4.78 is 0. The van der Waals surface area contributed by atoms with E-state index in [9.17, 15) is 0 Å². The monoisotopic (exact) mass is 198 g/mol. The van der Waals surface area contributed by atoms with E-state index in [1.54, 1.807) is 0 Å². The molecule has 0 heterocycles. The normalized spacial score (nSPS) is 12.9. The van der Waals surface area contributed by atoms with Gasteiger partial charge < -0.3 is 11.5 Å². The zero-order chi connectivity index (χ0) is 9.84. The van der Waals surface area contributed by atoms with Gasteiger partial charge in [0.2, 0.25) is 0 Å². The highest BCUT2D eigenvalue weighted by molar-refractivity contribution is 6.31.